The molecule has 2 fully saturated rings. The van der Waals surface area contributed by atoms with E-state index in [1.807, 2.05) is 32.9 Å². The number of oxime groups is 1. The Kier molecular flexibility index (Phi) is 13.0. The molecule has 2 N–H and O–H groups in total. The van der Waals surface area contributed by atoms with Crippen LogP contribution in [0.15, 0.2) is 71.9 Å². The second-order valence-corrected chi connectivity index (χ2v) is 16.3. The molecule has 0 unspecified atom stereocenters. The van der Waals surface area contributed by atoms with Gasteiger partial charge in [-0.15, -0.1) is 6.58 Å². The zero-order valence-electron chi connectivity index (χ0n) is 32.9. The fraction of sp³-hybridized carbons (Fsp3) is 0.568. The second-order valence-electron chi connectivity index (χ2n) is 16.3. The number of likely N-dealkylation sites (N-methyl/N-ethyl adjacent to an activating group) is 1. The van der Waals surface area contributed by atoms with Crippen molar-refractivity contribution in [2.45, 2.75) is 89.1 Å². The molecule has 6 rings (SSSR count). The van der Waals surface area contributed by atoms with Crippen LogP contribution in [0.1, 0.15) is 93.1 Å². The third kappa shape index (κ3) is 9.10. The lowest BCUT2D eigenvalue weighted by Gasteiger charge is -2.59. The zero-order valence-corrected chi connectivity index (χ0v) is 32.9. The van der Waals surface area contributed by atoms with Gasteiger partial charge in [-0.3, -0.25) is 9.69 Å². The predicted octanol–water partition coefficient (Wildman–Crippen LogP) is 6.46. The number of nitrogens with zero attached hydrogens (tertiary/aromatic N) is 4. The summed E-state index contributed by atoms with van der Waals surface area (Å²) in [6.07, 6.45) is 9.15. The number of rotatable bonds is 18. The van der Waals surface area contributed by atoms with E-state index in [0.717, 1.165) is 67.9 Å². The average Bonchev–Trinajstić information content (AvgIpc) is 4.01. The molecule has 2 aliphatic carbocycles. The molecule has 2 aliphatic heterocycles. The summed E-state index contributed by atoms with van der Waals surface area (Å²) in [4.78, 5) is 24.7. The number of hydrogen-bond acceptors (Lipinski definition) is 10. The molecule has 11 heteroatoms. The van der Waals surface area contributed by atoms with Crippen LogP contribution in [0.2, 0.25) is 0 Å². The van der Waals surface area contributed by atoms with E-state index < -0.39 is 23.3 Å². The van der Waals surface area contributed by atoms with Crippen LogP contribution < -0.4 is 9.47 Å². The van der Waals surface area contributed by atoms with Crippen LogP contribution in [-0.4, -0.2) is 102 Å². The third-order valence-corrected chi connectivity index (χ3v) is 11.3. The highest BCUT2D eigenvalue weighted by Gasteiger charge is 2.65. The number of fused-ring (bicyclic) bond motifs is 2. The maximum Gasteiger partial charge on any atom is 0.254 e. The van der Waals surface area contributed by atoms with Crippen molar-refractivity contribution >= 4 is 11.6 Å². The molecule has 55 heavy (non-hydrogen) atoms. The summed E-state index contributed by atoms with van der Waals surface area (Å²) in [6, 6.07) is 14.2. The van der Waals surface area contributed by atoms with Crippen LogP contribution in [0.5, 0.6) is 11.5 Å². The number of aliphatic hydroxyl groups is 2. The predicted molar refractivity (Wildman–Crippen MR) is 211 cm³/mol. The van der Waals surface area contributed by atoms with Gasteiger partial charge in [-0.25, -0.2) is 0 Å². The minimum absolute atomic E-state index is 0.115. The van der Waals surface area contributed by atoms with Crippen molar-refractivity contribution in [1.82, 2.24) is 9.80 Å². The minimum Gasteiger partial charge on any atom is -0.492 e. The van der Waals surface area contributed by atoms with E-state index in [1.165, 1.54) is 0 Å². The average molecular weight is 755 g/mol. The van der Waals surface area contributed by atoms with Gasteiger partial charge in [0.1, 0.15) is 29.7 Å². The summed E-state index contributed by atoms with van der Waals surface area (Å²) < 4.78 is 20.6. The van der Waals surface area contributed by atoms with Crippen LogP contribution >= 0.6 is 0 Å². The van der Waals surface area contributed by atoms with Gasteiger partial charge in [-0.1, -0.05) is 30.1 Å². The van der Waals surface area contributed by atoms with E-state index in [2.05, 4.69) is 29.7 Å². The van der Waals surface area contributed by atoms with Gasteiger partial charge in [0, 0.05) is 63.4 Å². The number of nitriles is 1. The summed E-state index contributed by atoms with van der Waals surface area (Å²) in [7, 11) is 1.78. The maximum atomic E-state index is 14.4. The smallest absolute Gasteiger partial charge is 0.254 e. The van der Waals surface area contributed by atoms with Gasteiger partial charge in [0.05, 0.1) is 29.9 Å². The fourth-order valence-electron chi connectivity index (χ4n) is 8.63. The Morgan fingerprint density at radius 3 is 2.49 bits per heavy atom. The molecule has 6 atom stereocenters. The number of hydrogen-bond donors (Lipinski definition) is 2. The van der Waals surface area contributed by atoms with Gasteiger partial charge in [0.25, 0.3) is 5.91 Å². The second kappa shape index (κ2) is 17.7. The molecule has 4 aliphatic rings. The van der Waals surface area contributed by atoms with E-state index in [9.17, 15) is 20.3 Å². The Morgan fingerprint density at radius 2 is 1.84 bits per heavy atom. The third-order valence-electron chi connectivity index (χ3n) is 11.3. The van der Waals surface area contributed by atoms with Crippen LogP contribution in [0.25, 0.3) is 0 Å². The zero-order chi connectivity index (χ0) is 39.2. The van der Waals surface area contributed by atoms with Crippen LogP contribution in [0.3, 0.4) is 0 Å². The Balaban J connectivity index is 1.54. The molecule has 1 saturated heterocycles. The van der Waals surface area contributed by atoms with Gasteiger partial charge in [0.2, 0.25) is 5.79 Å². The molecule has 11 nitrogen and oxygen atoms in total. The molecular formula is C44H58N4O7. The van der Waals surface area contributed by atoms with Crippen LogP contribution in [0, 0.1) is 29.1 Å². The summed E-state index contributed by atoms with van der Waals surface area (Å²) in [5.74, 6) is -0.421. The number of carbonyl (C=O) groups excluding carboxylic acids is 1. The molecular weight excluding hydrogens is 697 g/mol. The Hall–Kier alpha value is -4.21. The van der Waals surface area contributed by atoms with Crippen LogP contribution in [0.4, 0.5) is 0 Å². The molecule has 2 aromatic carbocycles. The number of benzene rings is 2. The lowest BCUT2D eigenvalue weighted by atomic mass is 9.55. The maximum absolute atomic E-state index is 14.4. The van der Waals surface area contributed by atoms with E-state index in [4.69, 9.17) is 24.2 Å². The van der Waals surface area contributed by atoms with Crippen molar-refractivity contribution in [3.8, 4) is 17.6 Å². The number of ether oxygens (including phenoxy) is 3. The van der Waals surface area contributed by atoms with Gasteiger partial charge in [-0.05, 0) is 106 Å². The van der Waals surface area contributed by atoms with Crippen molar-refractivity contribution in [3.63, 3.8) is 0 Å². The lowest BCUT2D eigenvalue weighted by Crippen LogP contribution is -2.69. The van der Waals surface area contributed by atoms with E-state index >= 15 is 0 Å². The molecule has 0 aromatic heterocycles. The van der Waals surface area contributed by atoms with E-state index in [-0.39, 0.29) is 43.5 Å². The molecule has 0 bridgehead atoms. The van der Waals surface area contributed by atoms with E-state index in [0.29, 0.717) is 42.7 Å². The van der Waals surface area contributed by atoms with E-state index in [1.54, 1.807) is 42.3 Å². The van der Waals surface area contributed by atoms with Crippen molar-refractivity contribution < 1.29 is 34.1 Å². The molecule has 0 radical (unpaired) electrons. The molecule has 296 valence electrons. The number of unbranched alkanes of at least 4 members (excludes halogenated alkanes) is 2. The SMILES string of the molecule is C=CCO[C@@]12Oc3ccc(OCCN4CC4)cc3[C@H]3[C@H](CCCCO)[C@@H](CCCCO)C=C(C(=NOC(C)(C)C)C[C@@H]1N(C)C(=O)c1ccc(C#N)cc1)[C@H]32. The van der Waals surface area contributed by atoms with Gasteiger partial charge in [-0.2, -0.15) is 5.26 Å². The molecule has 1 saturated carbocycles. The molecule has 0 spiro atoms. The number of amides is 1. The highest BCUT2D eigenvalue weighted by molar-refractivity contribution is 6.03. The summed E-state index contributed by atoms with van der Waals surface area (Å²) in [6.45, 7) is 14.0. The first-order valence-electron chi connectivity index (χ1n) is 19.9. The number of carbonyl (C=O) groups is 1. The van der Waals surface area contributed by atoms with Crippen molar-refractivity contribution in [2.24, 2.45) is 22.9 Å². The van der Waals surface area contributed by atoms with Crippen LogP contribution in [-0.2, 0) is 9.57 Å². The summed E-state index contributed by atoms with van der Waals surface area (Å²) in [5, 5.41) is 34.0. The Morgan fingerprint density at radius 1 is 1.11 bits per heavy atom. The molecule has 1 amide bonds. The monoisotopic (exact) mass is 754 g/mol. The highest BCUT2D eigenvalue weighted by Crippen LogP contribution is 2.62. The Labute approximate surface area is 326 Å². The molecule has 2 aromatic rings. The standard InChI is InChI=1S/C44H58N4O7/c1-6-24-53-44-39(47(5)42(51)31-15-13-30(29-45)14-16-31)28-37(46-55-43(2,3)4)35-26-32(11-7-9-22-49)34(12-8-10-23-50)40(41(35)44)36-27-33(17-18-38(36)54-44)52-25-21-48-19-20-48/h6,13-18,26-27,32,34,39-41,49-50H,1,7-12,19-25,28H2,2-5H3/t32-,34+,39-,40+,41+,44+/m0/s1. The quantitative estimate of drug-likeness (QED) is 0.0761. The lowest BCUT2D eigenvalue weighted by molar-refractivity contribution is -0.252. The molecule has 2 heterocycles. The first-order valence-corrected chi connectivity index (χ1v) is 19.9. The van der Waals surface area contributed by atoms with Gasteiger partial charge in [0.15, 0.2) is 0 Å². The Bertz CT molecular complexity index is 1760. The van der Waals surface area contributed by atoms with Crippen molar-refractivity contribution in [1.29, 1.82) is 5.26 Å². The van der Waals surface area contributed by atoms with Gasteiger partial charge < -0.3 is 34.2 Å². The first-order chi connectivity index (χ1) is 26.5. The topological polar surface area (TPSA) is 137 Å². The largest absolute Gasteiger partial charge is 0.492 e. The summed E-state index contributed by atoms with van der Waals surface area (Å²) >= 11 is 0. The highest BCUT2D eigenvalue weighted by atomic mass is 16.7. The number of allylic oxidation sites excluding steroid dienone is 1. The van der Waals surface area contributed by atoms with Gasteiger partial charge >= 0.3 is 0 Å². The van der Waals surface area contributed by atoms with Crippen molar-refractivity contribution in [2.75, 3.05) is 53.1 Å². The normalized spacial score (nSPS) is 26.2. The minimum atomic E-state index is -1.34. The van der Waals surface area contributed by atoms with Crippen molar-refractivity contribution in [3.05, 3.63) is 83.5 Å². The fourth-order valence-corrected chi connectivity index (χ4v) is 8.63. The summed E-state index contributed by atoms with van der Waals surface area (Å²) in [5.41, 5.74) is 3.10. The first kappa shape index (κ1) is 40.5. The number of aliphatic hydroxyl groups excluding tert-OH is 2.